The van der Waals surface area contributed by atoms with Gasteiger partial charge in [-0.25, -0.2) is 0 Å². The van der Waals surface area contributed by atoms with Crippen LogP contribution in [0.4, 0.5) is 0 Å². The molecule has 140 valence electrons. The summed E-state index contributed by atoms with van der Waals surface area (Å²) in [4.78, 5) is 11.9. The minimum atomic E-state index is 0.00809. The summed E-state index contributed by atoms with van der Waals surface area (Å²) in [5, 5.41) is 3.61. The lowest BCUT2D eigenvalue weighted by Gasteiger charge is -2.19. The van der Waals surface area contributed by atoms with E-state index in [-0.39, 0.29) is 11.3 Å². The fraction of sp³-hybridized carbons (Fsp3) is 0.381. The number of thioether (sulfide) groups is 1. The summed E-state index contributed by atoms with van der Waals surface area (Å²) in [5.41, 5.74) is 2.46. The van der Waals surface area contributed by atoms with Crippen LogP contribution in [0.25, 0.3) is 0 Å². The Balaban J connectivity index is 1.62. The van der Waals surface area contributed by atoms with Gasteiger partial charge >= 0.3 is 0 Å². The van der Waals surface area contributed by atoms with E-state index >= 15 is 0 Å². The van der Waals surface area contributed by atoms with Gasteiger partial charge in [-0.3, -0.25) is 4.79 Å². The number of amides is 1. The lowest BCUT2D eigenvalue weighted by atomic mass is 9.87. The summed E-state index contributed by atoms with van der Waals surface area (Å²) in [6.45, 7) is 7.49. The molecule has 0 radical (unpaired) electrons. The summed E-state index contributed by atoms with van der Waals surface area (Å²) < 4.78 is 5.67. The summed E-state index contributed by atoms with van der Waals surface area (Å²) in [7, 11) is 0. The maximum absolute atomic E-state index is 11.9. The zero-order chi connectivity index (χ0) is 19.0. The summed E-state index contributed by atoms with van der Waals surface area (Å²) in [6, 6.07) is 15.8. The van der Waals surface area contributed by atoms with E-state index in [1.165, 1.54) is 5.56 Å². The molecule has 2 rings (SSSR count). The zero-order valence-electron chi connectivity index (χ0n) is 15.5. The number of benzene rings is 2. The third-order valence-electron chi connectivity index (χ3n) is 3.86. The normalized spacial score (nSPS) is 11.2. The first kappa shape index (κ1) is 20.7. The Morgan fingerprint density at radius 2 is 1.81 bits per heavy atom. The molecule has 0 aliphatic carbocycles. The second-order valence-electron chi connectivity index (χ2n) is 7.06. The van der Waals surface area contributed by atoms with Crippen LogP contribution in [0.15, 0.2) is 48.5 Å². The van der Waals surface area contributed by atoms with E-state index in [9.17, 15) is 4.79 Å². The number of ether oxygens (including phenoxy) is 1. The van der Waals surface area contributed by atoms with Gasteiger partial charge in [-0.1, -0.05) is 62.7 Å². The molecular formula is C21H26ClNO2S. The molecule has 0 aliphatic rings. The number of hydrogen-bond acceptors (Lipinski definition) is 3. The highest BCUT2D eigenvalue weighted by Gasteiger charge is 2.12. The Labute approximate surface area is 165 Å². The molecule has 1 N–H and O–H groups in total. The standard InChI is InChI=1S/C21H26ClNO2S/c1-21(2,3)17-8-10-18(11-9-17)25-13-12-23-20(24)15-26-14-16-6-4-5-7-19(16)22/h4-11H,12-15H2,1-3H3,(H,23,24). The molecule has 0 heterocycles. The second kappa shape index (κ2) is 9.89. The number of rotatable bonds is 8. The quantitative estimate of drug-likeness (QED) is 0.638. The Morgan fingerprint density at radius 3 is 2.46 bits per heavy atom. The minimum absolute atomic E-state index is 0.00809. The highest BCUT2D eigenvalue weighted by atomic mass is 35.5. The third-order valence-corrected chi connectivity index (χ3v) is 5.21. The highest BCUT2D eigenvalue weighted by Crippen LogP contribution is 2.24. The fourth-order valence-corrected chi connectivity index (χ4v) is 3.47. The average Bonchev–Trinajstić information content (AvgIpc) is 2.60. The monoisotopic (exact) mass is 391 g/mol. The van der Waals surface area contributed by atoms with Crippen molar-refractivity contribution in [3.05, 3.63) is 64.7 Å². The lowest BCUT2D eigenvalue weighted by molar-refractivity contribution is -0.118. The molecule has 0 saturated carbocycles. The van der Waals surface area contributed by atoms with Crippen LogP contribution in [0.2, 0.25) is 5.02 Å². The molecule has 26 heavy (non-hydrogen) atoms. The molecule has 5 heteroatoms. The smallest absolute Gasteiger partial charge is 0.230 e. The van der Waals surface area contributed by atoms with E-state index < -0.39 is 0 Å². The van der Waals surface area contributed by atoms with E-state index in [1.54, 1.807) is 11.8 Å². The number of hydrogen-bond donors (Lipinski definition) is 1. The van der Waals surface area contributed by atoms with E-state index in [4.69, 9.17) is 16.3 Å². The van der Waals surface area contributed by atoms with Crippen molar-refractivity contribution in [3.8, 4) is 5.75 Å². The van der Waals surface area contributed by atoms with Gasteiger partial charge in [0.15, 0.2) is 0 Å². The van der Waals surface area contributed by atoms with Crippen molar-refractivity contribution in [2.45, 2.75) is 31.9 Å². The Morgan fingerprint density at radius 1 is 1.12 bits per heavy atom. The van der Waals surface area contributed by atoms with Crippen LogP contribution in [0.5, 0.6) is 5.75 Å². The second-order valence-corrected chi connectivity index (χ2v) is 8.45. The maximum Gasteiger partial charge on any atom is 0.230 e. The van der Waals surface area contributed by atoms with Crippen molar-refractivity contribution < 1.29 is 9.53 Å². The van der Waals surface area contributed by atoms with Gasteiger partial charge in [0.2, 0.25) is 5.91 Å². The van der Waals surface area contributed by atoms with Crippen molar-refractivity contribution in [2.75, 3.05) is 18.9 Å². The van der Waals surface area contributed by atoms with Gasteiger partial charge < -0.3 is 10.1 Å². The lowest BCUT2D eigenvalue weighted by Crippen LogP contribution is -2.29. The minimum Gasteiger partial charge on any atom is -0.492 e. The topological polar surface area (TPSA) is 38.3 Å². The van der Waals surface area contributed by atoms with Crippen LogP contribution in [0.3, 0.4) is 0 Å². The van der Waals surface area contributed by atoms with Gasteiger partial charge in [0.1, 0.15) is 12.4 Å². The number of carbonyl (C=O) groups excluding carboxylic acids is 1. The first-order chi connectivity index (χ1) is 12.4. The molecule has 0 saturated heterocycles. The summed E-state index contributed by atoms with van der Waals surface area (Å²) in [5.74, 6) is 1.96. The summed E-state index contributed by atoms with van der Waals surface area (Å²) in [6.07, 6.45) is 0. The van der Waals surface area contributed by atoms with Gasteiger partial charge in [0, 0.05) is 10.8 Å². The molecule has 0 bridgehead atoms. The van der Waals surface area contributed by atoms with E-state index in [0.717, 1.165) is 22.1 Å². The molecule has 1 amide bonds. The molecule has 0 aliphatic heterocycles. The Bertz CT molecular complexity index is 711. The van der Waals surface area contributed by atoms with Crippen LogP contribution >= 0.6 is 23.4 Å². The van der Waals surface area contributed by atoms with Crippen LogP contribution in [0, 0.1) is 0 Å². The molecule has 0 unspecified atom stereocenters. The maximum atomic E-state index is 11.9. The number of halogens is 1. The first-order valence-electron chi connectivity index (χ1n) is 8.67. The third kappa shape index (κ3) is 6.93. The largest absolute Gasteiger partial charge is 0.492 e. The van der Waals surface area contributed by atoms with Gasteiger partial charge in [0.05, 0.1) is 12.3 Å². The number of carbonyl (C=O) groups is 1. The van der Waals surface area contributed by atoms with Crippen LogP contribution < -0.4 is 10.1 Å². The summed E-state index contributed by atoms with van der Waals surface area (Å²) >= 11 is 7.65. The van der Waals surface area contributed by atoms with Crippen molar-refractivity contribution in [2.24, 2.45) is 0 Å². The molecule has 2 aromatic carbocycles. The van der Waals surface area contributed by atoms with Crippen molar-refractivity contribution in [1.82, 2.24) is 5.32 Å². The van der Waals surface area contributed by atoms with E-state index in [1.807, 2.05) is 36.4 Å². The van der Waals surface area contributed by atoms with Crippen molar-refractivity contribution in [3.63, 3.8) is 0 Å². The van der Waals surface area contributed by atoms with Gasteiger partial charge in [-0.15, -0.1) is 11.8 Å². The first-order valence-corrected chi connectivity index (χ1v) is 10.2. The van der Waals surface area contributed by atoms with Crippen molar-refractivity contribution in [1.29, 1.82) is 0 Å². The predicted octanol–water partition coefficient (Wildman–Crippen LogP) is 5.07. The van der Waals surface area contributed by atoms with Crippen LogP contribution in [0.1, 0.15) is 31.9 Å². The highest BCUT2D eigenvalue weighted by molar-refractivity contribution is 7.99. The van der Waals surface area contributed by atoms with Gasteiger partial charge in [0.25, 0.3) is 0 Å². The predicted molar refractivity (Wildman–Crippen MR) is 111 cm³/mol. The van der Waals surface area contributed by atoms with Gasteiger partial charge in [-0.2, -0.15) is 0 Å². The van der Waals surface area contributed by atoms with E-state index in [2.05, 4.69) is 38.2 Å². The molecular weight excluding hydrogens is 366 g/mol. The Kier molecular flexibility index (Phi) is 7.85. The average molecular weight is 392 g/mol. The zero-order valence-corrected chi connectivity index (χ0v) is 17.1. The van der Waals surface area contributed by atoms with Crippen molar-refractivity contribution >= 4 is 29.3 Å². The molecule has 2 aromatic rings. The number of nitrogens with one attached hydrogen (secondary N) is 1. The van der Waals surface area contributed by atoms with E-state index in [0.29, 0.717) is 18.9 Å². The molecule has 0 aromatic heterocycles. The van der Waals surface area contributed by atoms with Crippen LogP contribution in [-0.4, -0.2) is 24.8 Å². The Hall–Kier alpha value is -1.65. The van der Waals surface area contributed by atoms with Gasteiger partial charge in [-0.05, 0) is 34.7 Å². The molecule has 0 atom stereocenters. The molecule has 3 nitrogen and oxygen atoms in total. The molecule has 0 spiro atoms. The van der Waals surface area contributed by atoms with Crippen LogP contribution in [-0.2, 0) is 16.0 Å². The SMILES string of the molecule is CC(C)(C)c1ccc(OCCNC(=O)CSCc2ccccc2Cl)cc1. The molecule has 0 fully saturated rings. The fourth-order valence-electron chi connectivity index (χ4n) is 2.33.